The smallest absolute Gasteiger partial charge is 0.0591 e. The van der Waals surface area contributed by atoms with Crippen LogP contribution >= 0.6 is 11.3 Å². The van der Waals surface area contributed by atoms with Crippen molar-refractivity contribution in [3.8, 4) is 0 Å². The van der Waals surface area contributed by atoms with Crippen LogP contribution in [-0.4, -0.2) is 26.3 Å². The van der Waals surface area contributed by atoms with Crippen molar-refractivity contribution in [1.82, 2.24) is 5.32 Å². The molecule has 0 amide bonds. The molecule has 0 aliphatic rings. The highest BCUT2D eigenvalue weighted by atomic mass is 32.1. The molecule has 0 saturated heterocycles. The van der Waals surface area contributed by atoms with Gasteiger partial charge in [0, 0.05) is 17.8 Å². The maximum Gasteiger partial charge on any atom is 0.0591 e. The molecule has 86 valence electrons. The van der Waals surface area contributed by atoms with Crippen molar-refractivity contribution in [2.45, 2.75) is 20.3 Å². The van der Waals surface area contributed by atoms with Gasteiger partial charge in [0.25, 0.3) is 0 Å². The van der Waals surface area contributed by atoms with E-state index in [9.17, 15) is 0 Å². The highest BCUT2D eigenvalue weighted by molar-refractivity contribution is 7.09. The van der Waals surface area contributed by atoms with Crippen molar-refractivity contribution in [2.75, 3.05) is 26.3 Å². The van der Waals surface area contributed by atoms with Gasteiger partial charge in [-0.15, -0.1) is 11.3 Å². The first-order valence-electron chi connectivity index (χ1n) is 5.60. The fourth-order valence-corrected chi connectivity index (χ4v) is 1.95. The second-order valence-corrected chi connectivity index (χ2v) is 5.07. The Labute approximate surface area is 96.7 Å². The summed E-state index contributed by atoms with van der Waals surface area (Å²) < 4.78 is 5.53. The summed E-state index contributed by atoms with van der Waals surface area (Å²) in [6, 6.07) is 4.25. The SMILES string of the molecule is CC(C)CNCCOCCc1cccs1. The van der Waals surface area contributed by atoms with E-state index >= 15 is 0 Å². The summed E-state index contributed by atoms with van der Waals surface area (Å²) in [6.45, 7) is 8.12. The van der Waals surface area contributed by atoms with E-state index in [2.05, 4.69) is 36.7 Å². The predicted molar refractivity (Wildman–Crippen MR) is 66.5 cm³/mol. The average Bonchev–Trinajstić information content (AvgIpc) is 2.68. The molecule has 1 N–H and O–H groups in total. The van der Waals surface area contributed by atoms with E-state index in [-0.39, 0.29) is 0 Å². The van der Waals surface area contributed by atoms with E-state index in [0.717, 1.165) is 38.6 Å². The molecule has 1 rings (SSSR count). The van der Waals surface area contributed by atoms with Crippen molar-refractivity contribution in [3.05, 3.63) is 22.4 Å². The van der Waals surface area contributed by atoms with Crippen LogP contribution in [0.3, 0.4) is 0 Å². The molecule has 0 fully saturated rings. The minimum absolute atomic E-state index is 0.719. The molecule has 1 heterocycles. The maximum atomic E-state index is 5.53. The van der Waals surface area contributed by atoms with Gasteiger partial charge in [-0.3, -0.25) is 0 Å². The molecule has 0 saturated carbocycles. The third-order valence-corrected chi connectivity index (χ3v) is 2.98. The second-order valence-electron chi connectivity index (χ2n) is 4.04. The summed E-state index contributed by atoms with van der Waals surface area (Å²) in [7, 11) is 0. The summed E-state index contributed by atoms with van der Waals surface area (Å²) >= 11 is 1.80. The van der Waals surface area contributed by atoms with Gasteiger partial charge in [-0.2, -0.15) is 0 Å². The van der Waals surface area contributed by atoms with E-state index in [0.29, 0.717) is 0 Å². The lowest BCUT2D eigenvalue weighted by Crippen LogP contribution is -2.24. The fourth-order valence-electron chi connectivity index (χ4n) is 1.26. The molecule has 3 heteroatoms. The zero-order chi connectivity index (χ0) is 10.9. The highest BCUT2D eigenvalue weighted by Crippen LogP contribution is 2.08. The van der Waals surface area contributed by atoms with E-state index in [1.807, 2.05) is 0 Å². The maximum absolute atomic E-state index is 5.53. The summed E-state index contributed by atoms with van der Waals surface area (Å²) in [5, 5.41) is 5.47. The lowest BCUT2D eigenvalue weighted by Gasteiger charge is -2.07. The van der Waals surface area contributed by atoms with Crippen LogP contribution < -0.4 is 5.32 Å². The van der Waals surface area contributed by atoms with Crippen LogP contribution in [0, 0.1) is 5.92 Å². The Kier molecular flexibility index (Phi) is 6.64. The normalized spacial score (nSPS) is 11.1. The second kappa shape index (κ2) is 7.85. The number of rotatable bonds is 8. The first-order chi connectivity index (χ1) is 7.29. The molecule has 0 aromatic carbocycles. The van der Waals surface area contributed by atoms with Crippen LogP contribution in [0.4, 0.5) is 0 Å². The topological polar surface area (TPSA) is 21.3 Å². The molecular formula is C12H21NOS. The Morgan fingerprint density at radius 2 is 2.27 bits per heavy atom. The average molecular weight is 227 g/mol. The standard InChI is InChI=1S/C12H21NOS/c1-11(2)10-13-6-8-14-7-5-12-4-3-9-15-12/h3-4,9,11,13H,5-8,10H2,1-2H3. The van der Waals surface area contributed by atoms with E-state index in [1.54, 1.807) is 11.3 Å². The first-order valence-corrected chi connectivity index (χ1v) is 6.48. The minimum Gasteiger partial charge on any atom is -0.380 e. The number of ether oxygens (including phenoxy) is 1. The Bertz CT molecular complexity index is 234. The molecule has 1 aromatic rings. The quantitative estimate of drug-likeness (QED) is 0.689. The molecule has 0 bridgehead atoms. The Hall–Kier alpha value is -0.380. The van der Waals surface area contributed by atoms with Crippen LogP contribution in [0.5, 0.6) is 0 Å². The summed E-state index contributed by atoms with van der Waals surface area (Å²) in [6.07, 6.45) is 1.04. The fraction of sp³-hybridized carbons (Fsp3) is 0.667. The Balaban J connectivity index is 1.85. The van der Waals surface area contributed by atoms with Crippen molar-refractivity contribution in [1.29, 1.82) is 0 Å². The molecule has 1 aromatic heterocycles. The Morgan fingerprint density at radius 3 is 2.93 bits per heavy atom. The minimum atomic E-state index is 0.719. The van der Waals surface area contributed by atoms with Gasteiger partial charge in [0.15, 0.2) is 0 Å². The van der Waals surface area contributed by atoms with Crippen LogP contribution in [0.25, 0.3) is 0 Å². The van der Waals surface area contributed by atoms with E-state index < -0.39 is 0 Å². The lowest BCUT2D eigenvalue weighted by atomic mass is 10.2. The summed E-state index contributed by atoms with van der Waals surface area (Å²) in [5.41, 5.74) is 0. The van der Waals surface area contributed by atoms with Gasteiger partial charge in [0.2, 0.25) is 0 Å². The van der Waals surface area contributed by atoms with Gasteiger partial charge in [-0.25, -0.2) is 0 Å². The number of thiophene rings is 1. The molecule has 2 nitrogen and oxygen atoms in total. The van der Waals surface area contributed by atoms with Crippen molar-refractivity contribution in [2.24, 2.45) is 5.92 Å². The van der Waals surface area contributed by atoms with Crippen LogP contribution in [0.15, 0.2) is 17.5 Å². The Morgan fingerprint density at radius 1 is 1.40 bits per heavy atom. The summed E-state index contributed by atoms with van der Waals surface area (Å²) in [4.78, 5) is 1.41. The third-order valence-electron chi connectivity index (χ3n) is 2.05. The van der Waals surface area contributed by atoms with Gasteiger partial charge in [-0.1, -0.05) is 19.9 Å². The van der Waals surface area contributed by atoms with Crippen molar-refractivity contribution in [3.63, 3.8) is 0 Å². The largest absolute Gasteiger partial charge is 0.380 e. The zero-order valence-electron chi connectivity index (χ0n) is 9.66. The molecule has 0 radical (unpaired) electrons. The van der Waals surface area contributed by atoms with Crippen LogP contribution in [0.2, 0.25) is 0 Å². The van der Waals surface area contributed by atoms with Gasteiger partial charge >= 0.3 is 0 Å². The van der Waals surface area contributed by atoms with Gasteiger partial charge < -0.3 is 10.1 Å². The van der Waals surface area contributed by atoms with Gasteiger partial charge in [-0.05, 0) is 23.9 Å². The monoisotopic (exact) mass is 227 g/mol. The first kappa shape index (κ1) is 12.7. The molecule has 0 atom stereocenters. The third kappa shape index (κ3) is 6.66. The number of nitrogens with one attached hydrogen (secondary N) is 1. The van der Waals surface area contributed by atoms with E-state index in [4.69, 9.17) is 4.74 Å². The van der Waals surface area contributed by atoms with Crippen LogP contribution in [-0.2, 0) is 11.2 Å². The highest BCUT2D eigenvalue weighted by Gasteiger charge is 1.95. The van der Waals surface area contributed by atoms with Crippen molar-refractivity contribution >= 4 is 11.3 Å². The molecule has 0 spiro atoms. The van der Waals surface area contributed by atoms with E-state index in [1.165, 1.54) is 4.88 Å². The molecule has 0 aliphatic heterocycles. The molecular weight excluding hydrogens is 206 g/mol. The summed E-state index contributed by atoms with van der Waals surface area (Å²) in [5.74, 6) is 0.719. The lowest BCUT2D eigenvalue weighted by molar-refractivity contribution is 0.139. The molecule has 0 unspecified atom stereocenters. The van der Waals surface area contributed by atoms with Crippen molar-refractivity contribution < 1.29 is 4.74 Å². The number of hydrogen-bond acceptors (Lipinski definition) is 3. The van der Waals surface area contributed by atoms with Gasteiger partial charge in [0.05, 0.1) is 13.2 Å². The number of hydrogen-bond donors (Lipinski definition) is 1. The predicted octanol–water partition coefficient (Wildman–Crippen LogP) is 2.55. The van der Waals surface area contributed by atoms with Gasteiger partial charge in [0.1, 0.15) is 0 Å². The van der Waals surface area contributed by atoms with Crippen LogP contribution in [0.1, 0.15) is 18.7 Å². The molecule has 15 heavy (non-hydrogen) atoms. The molecule has 0 aliphatic carbocycles. The zero-order valence-corrected chi connectivity index (χ0v) is 10.5.